The number of aromatic nitrogens is 5. The molecule has 1 aliphatic heterocycles. The van der Waals surface area contributed by atoms with Gasteiger partial charge >= 0.3 is 6.18 Å². The van der Waals surface area contributed by atoms with Gasteiger partial charge in [0.2, 0.25) is 5.95 Å². The maximum Gasteiger partial charge on any atom is 0.434 e. The van der Waals surface area contributed by atoms with Gasteiger partial charge in [0.1, 0.15) is 5.03 Å². The first-order chi connectivity index (χ1) is 15.8. The van der Waals surface area contributed by atoms with Gasteiger partial charge in [-0.3, -0.25) is 4.98 Å². The minimum atomic E-state index is -4.54. The van der Waals surface area contributed by atoms with E-state index in [1.807, 2.05) is 18.2 Å². The zero-order chi connectivity index (χ0) is 22.8. The molecule has 0 amide bonds. The van der Waals surface area contributed by atoms with Gasteiger partial charge in [-0.15, -0.1) is 0 Å². The lowest BCUT2D eigenvalue weighted by atomic mass is 10.0. The Labute approximate surface area is 190 Å². The van der Waals surface area contributed by atoms with E-state index in [0.717, 1.165) is 36.6 Å². The summed E-state index contributed by atoms with van der Waals surface area (Å²) in [5.74, 6) is 1.32. The minimum Gasteiger partial charge on any atom is -0.342 e. The van der Waals surface area contributed by atoms with Crippen LogP contribution < -0.4 is 10.6 Å². The molecule has 3 atom stereocenters. The molecule has 4 aromatic rings. The van der Waals surface area contributed by atoms with Gasteiger partial charge in [-0.1, -0.05) is 42.1 Å². The number of nitrogens with zero attached hydrogens (tertiary/aromatic N) is 5. The number of H-pyrrole nitrogens is 1. The molecule has 33 heavy (non-hydrogen) atoms. The van der Waals surface area contributed by atoms with Gasteiger partial charge < -0.3 is 15.6 Å². The number of pyridine rings is 1. The van der Waals surface area contributed by atoms with E-state index < -0.39 is 11.9 Å². The summed E-state index contributed by atoms with van der Waals surface area (Å²) in [6.45, 7) is 1.53. The van der Waals surface area contributed by atoms with Gasteiger partial charge in [-0.2, -0.15) is 18.2 Å². The van der Waals surface area contributed by atoms with E-state index in [4.69, 9.17) is 5.73 Å². The molecule has 3 N–H and O–H groups in total. The highest BCUT2D eigenvalue weighted by Crippen LogP contribution is 2.60. The number of aromatic amines is 1. The second kappa shape index (κ2) is 7.16. The lowest BCUT2D eigenvalue weighted by Gasteiger charge is -2.24. The van der Waals surface area contributed by atoms with Crippen molar-refractivity contribution in [1.82, 2.24) is 24.9 Å². The number of nitrogens with two attached hydrogens (primary N) is 1. The maximum absolute atomic E-state index is 13.2. The van der Waals surface area contributed by atoms with E-state index >= 15 is 0 Å². The number of piperidine rings is 1. The van der Waals surface area contributed by atoms with Crippen LogP contribution in [0.2, 0.25) is 0 Å². The molecule has 0 spiro atoms. The van der Waals surface area contributed by atoms with Crippen LogP contribution in [-0.2, 0) is 11.7 Å². The van der Waals surface area contributed by atoms with Crippen LogP contribution in [0, 0.1) is 11.8 Å². The molecule has 1 aliphatic carbocycles. The summed E-state index contributed by atoms with van der Waals surface area (Å²) in [5, 5.41) is 0.325. The molecule has 0 bridgehead atoms. The molecule has 7 nitrogen and oxygen atoms in total. The molecule has 0 radical (unpaired) electrons. The second-order valence-corrected chi connectivity index (χ2v) is 9.37. The molecular formula is C22H18F3N7S. The van der Waals surface area contributed by atoms with E-state index in [1.165, 1.54) is 18.3 Å². The van der Waals surface area contributed by atoms with Gasteiger partial charge in [-0.05, 0) is 17.7 Å². The van der Waals surface area contributed by atoms with Crippen LogP contribution in [0.4, 0.5) is 19.1 Å². The predicted molar refractivity (Wildman–Crippen MR) is 117 cm³/mol. The Kier molecular flexibility index (Phi) is 4.43. The fraction of sp³-hybridized carbons (Fsp3) is 0.273. The summed E-state index contributed by atoms with van der Waals surface area (Å²) >= 11 is 0.868. The van der Waals surface area contributed by atoms with Crippen molar-refractivity contribution in [3.8, 4) is 0 Å². The van der Waals surface area contributed by atoms with E-state index in [-0.39, 0.29) is 10.4 Å². The van der Waals surface area contributed by atoms with Crippen LogP contribution in [0.1, 0.15) is 11.3 Å². The highest BCUT2D eigenvalue weighted by Gasteiger charge is 2.67. The van der Waals surface area contributed by atoms with Crippen molar-refractivity contribution in [2.24, 2.45) is 17.6 Å². The first-order valence-corrected chi connectivity index (χ1v) is 11.2. The number of hydrogen-bond donors (Lipinski definition) is 2. The molecule has 2 fully saturated rings. The number of fused-ring (bicyclic) bond motifs is 2. The standard InChI is InChI=1S/C22H18F3N7S/c23-22(24,25)17-15(7-4-8-27-17)33-16-9-28-18-19(29-16)31-20(30-18)32-10-13-14(11-32)21(13,26)12-5-2-1-3-6-12/h1-9,13-14H,10-11,26H2,(H,28,29,30,31)/t13-,14+,21?. The average Bonchev–Trinajstić information content (AvgIpc) is 3.18. The van der Waals surface area contributed by atoms with E-state index in [9.17, 15) is 13.2 Å². The second-order valence-electron chi connectivity index (χ2n) is 8.31. The van der Waals surface area contributed by atoms with Crippen LogP contribution in [0.3, 0.4) is 0 Å². The van der Waals surface area contributed by atoms with Gasteiger partial charge in [0, 0.05) is 36.0 Å². The smallest absolute Gasteiger partial charge is 0.342 e. The zero-order valence-corrected chi connectivity index (χ0v) is 17.9. The Balaban J connectivity index is 1.21. The number of hydrogen-bond acceptors (Lipinski definition) is 7. The van der Waals surface area contributed by atoms with Crippen molar-refractivity contribution < 1.29 is 13.2 Å². The third-order valence-electron chi connectivity index (χ3n) is 6.44. The molecule has 4 heterocycles. The summed E-state index contributed by atoms with van der Waals surface area (Å²) in [4.78, 5) is 22.0. The summed E-state index contributed by atoms with van der Waals surface area (Å²) < 4.78 is 39.7. The number of alkyl halides is 3. The van der Waals surface area contributed by atoms with Crippen LogP contribution >= 0.6 is 11.8 Å². The van der Waals surface area contributed by atoms with Crippen LogP contribution in [0.5, 0.6) is 0 Å². The van der Waals surface area contributed by atoms with Gasteiger partial charge in [0.15, 0.2) is 17.0 Å². The first-order valence-electron chi connectivity index (χ1n) is 10.4. The van der Waals surface area contributed by atoms with Gasteiger partial charge in [0.05, 0.1) is 11.7 Å². The molecule has 6 rings (SSSR count). The monoisotopic (exact) mass is 469 g/mol. The third kappa shape index (κ3) is 3.34. The number of anilines is 1. The van der Waals surface area contributed by atoms with Crippen molar-refractivity contribution in [2.75, 3.05) is 18.0 Å². The molecular weight excluding hydrogens is 451 g/mol. The van der Waals surface area contributed by atoms with E-state index in [1.54, 1.807) is 0 Å². The Bertz CT molecular complexity index is 1330. The summed E-state index contributed by atoms with van der Waals surface area (Å²) in [5.41, 5.74) is 7.45. The molecule has 1 saturated heterocycles. The molecule has 1 unspecified atom stereocenters. The summed E-state index contributed by atoms with van der Waals surface area (Å²) in [6, 6.07) is 13.0. The minimum absolute atomic E-state index is 0.0294. The number of halogens is 3. The van der Waals surface area contributed by atoms with Crippen LogP contribution in [0.15, 0.2) is 64.8 Å². The quantitative estimate of drug-likeness (QED) is 0.469. The Morgan fingerprint density at radius 1 is 1.03 bits per heavy atom. The predicted octanol–water partition coefficient (Wildman–Crippen LogP) is 3.84. The normalized spacial score (nSPS) is 24.3. The van der Waals surface area contributed by atoms with Crippen molar-refractivity contribution in [1.29, 1.82) is 0 Å². The SMILES string of the molecule is NC1(c2ccccc2)[C@@H]2CN(c3nc4ncc(Sc5cccnc5C(F)(F)F)nc4[nH]3)C[C@@H]21. The molecule has 3 aromatic heterocycles. The molecule has 1 aromatic carbocycles. The largest absolute Gasteiger partial charge is 0.434 e. The highest BCUT2D eigenvalue weighted by atomic mass is 32.2. The molecule has 11 heteroatoms. The van der Waals surface area contributed by atoms with E-state index in [2.05, 4.69) is 42.0 Å². The van der Waals surface area contributed by atoms with Crippen molar-refractivity contribution >= 4 is 29.0 Å². The number of imidazole rings is 1. The van der Waals surface area contributed by atoms with Crippen molar-refractivity contribution in [3.05, 3.63) is 66.1 Å². The van der Waals surface area contributed by atoms with Crippen molar-refractivity contribution in [2.45, 2.75) is 21.6 Å². The maximum atomic E-state index is 13.2. The lowest BCUT2D eigenvalue weighted by Crippen LogP contribution is -2.36. The van der Waals surface area contributed by atoms with Gasteiger partial charge in [0.25, 0.3) is 0 Å². The molecule has 1 saturated carbocycles. The average molecular weight is 469 g/mol. The number of rotatable bonds is 4. The van der Waals surface area contributed by atoms with Crippen LogP contribution in [0.25, 0.3) is 11.3 Å². The molecule has 2 aliphatic rings. The summed E-state index contributed by atoms with van der Waals surface area (Å²) in [6.07, 6.45) is -2.00. The van der Waals surface area contributed by atoms with Crippen LogP contribution in [-0.4, -0.2) is 38.0 Å². The fourth-order valence-electron chi connectivity index (χ4n) is 4.76. The highest BCUT2D eigenvalue weighted by molar-refractivity contribution is 7.99. The Morgan fingerprint density at radius 3 is 2.52 bits per heavy atom. The third-order valence-corrected chi connectivity index (χ3v) is 7.39. The summed E-state index contributed by atoms with van der Waals surface area (Å²) in [7, 11) is 0. The Hall–Kier alpha value is -3.18. The van der Waals surface area contributed by atoms with Crippen molar-refractivity contribution in [3.63, 3.8) is 0 Å². The zero-order valence-electron chi connectivity index (χ0n) is 17.1. The Morgan fingerprint density at radius 2 is 1.79 bits per heavy atom. The topological polar surface area (TPSA) is 96.6 Å². The molecule has 168 valence electrons. The van der Waals surface area contributed by atoms with Gasteiger partial charge in [-0.25, -0.2) is 9.97 Å². The van der Waals surface area contributed by atoms with E-state index in [0.29, 0.717) is 34.1 Å². The number of nitrogens with one attached hydrogen (secondary N) is 1. The fourth-order valence-corrected chi connectivity index (χ4v) is 5.64. The lowest BCUT2D eigenvalue weighted by molar-refractivity contribution is -0.143. The first kappa shape index (κ1) is 20.4. The number of benzene rings is 1.